The van der Waals surface area contributed by atoms with E-state index in [2.05, 4.69) is 20.1 Å². The lowest BCUT2D eigenvalue weighted by Crippen LogP contribution is -2.58. The van der Waals surface area contributed by atoms with E-state index in [1.165, 1.54) is 6.08 Å². The molecule has 1 N–H and O–H groups in total. The van der Waals surface area contributed by atoms with E-state index in [0.717, 1.165) is 22.4 Å². The van der Waals surface area contributed by atoms with Gasteiger partial charge in [0.1, 0.15) is 12.6 Å². The number of rotatable bonds is 10. The Balaban J connectivity index is 1.69. The number of amides is 2. The first-order chi connectivity index (χ1) is 19.7. The minimum absolute atomic E-state index is 0.0208. The zero-order valence-electron chi connectivity index (χ0n) is 23.9. The van der Waals surface area contributed by atoms with Crippen molar-refractivity contribution in [2.24, 2.45) is 17.8 Å². The molecule has 2 amide bonds. The molecule has 0 saturated carbocycles. The lowest BCUT2D eigenvalue weighted by Gasteiger charge is -2.42. The van der Waals surface area contributed by atoms with Gasteiger partial charge >= 0.3 is 5.97 Å². The van der Waals surface area contributed by atoms with Gasteiger partial charge in [-0.2, -0.15) is 0 Å². The van der Waals surface area contributed by atoms with Crippen LogP contribution in [-0.2, 0) is 19.1 Å². The third kappa shape index (κ3) is 4.52. The Kier molecular flexibility index (Phi) is 8.17. The Bertz CT molecular complexity index is 1340. The molecule has 3 heterocycles. The van der Waals surface area contributed by atoms with Crippen molar-refractivity contribution < 1.29 is 24.2 Å². The molecule has 7 nitrogen and oxygen atoms in total. The zero-order valence-corrected chi connectivity index (χ0v) is 24.7. The van der Waals surface area contributed by atoms with E-state index in [1.54, 1.807) is 27.6 Å². The van der Waals surface area contributed by atoms with Gasteiger partial charge in [-0.1, -0.05) is 74.2 Å². The summed E-state index contributed by atoms with van der Waals surface area (Å²) < 4.78 is 4.65. The quantitative estimate of drug-likeness (QED) is 0.329. The third-order valence-electron chi connectivity index (χ3n) is 9.01. The summed E-state index contributed by atoms with van der Waals surface area (Å²) in [4.78, 5) is 46.4. The van der Waals surface area contributed by atoms with Gasteiger partial charge < -0.3 is 19.6 Å². The van der Waals surface area contributed by atoms with Crippen molar-refractivity contribution in [1.82, 2.24) is 4.90 Å². The summed E-state index contributed by atoms with van der Waals surface area (Å²) in [5.41, 5.74) is 3.40. The van der Waals surface area contributed by atoms with Crippen LogP contribution in [0.3, 0.4) is 0 Å². The van der Waals surface area contributed by atoms with E-state index in [-0.39, 0.29) is 42.7 Å². The largest absolute Gasteiger partial charge is 0.461 e. The molecule has 3 aliphatic heterocycles. The molecule has 3 aliphatic rings. The molecule has 2 bridgehead atoms. The van der Waals surface area contributed by atoms with Crippen molar-refractivity contribution in [2.75, 3.05) is 24.7 Å². The highest BCUT2D eigenvalue weighted by Gasteiger charge is 2.77. The summed E-state index contributed by atoms with van der Waals surface area (Å²) in [7, 11) is 0. The maximum Gasteiger partial charge on any atom is 0.311 e. The highest BCUT2D eigenvalue weighted by molar-refractivity contribution is 8.02. The molecule has 8 heteroatoms. The number of likely N-dealkylation sites (tertiary alicyclic amines) is 1. The van der Waals surface area contributed by atoms with Gasteiger partial charge in [-0.25, -0.2) is 0 Å². The van der Waals surface area contributed by atoms with E-state index in [9.17, 15) is 14.7 Å². The summed E-state index contributed by atoms with van der Waals surface area (Å²) in [6.45, 7) is 13.6. The predicted molar refractivity (Wildman–Crippen MR) is 161 cm³/mol. The number of hydrogen-bond donors (Lipinski definition) is 1. The van der Waals surface area contributed by atoms with E-state index < -0.39 is 34.6 Å². The Morgan fingerprint density at radius 1 is 1.15 bits per heavy atom. The monoisotopic (exact) mass is 574 g/mol. The first-order valence-electron chi connectivity index (χ1n) is 14.1. The minimum atomic E-state index is -0.904. The normalized spacial score (nSPS) is 28.7. The van der Waals surface area contributed by atoms with Crippen LogP contribution < -0.4 is 4.90 Å². The molecular formula is C33H38N2O5S. The molecule has 216 valence electrons. The number of carbonyl (C=O) groups is 3. The number of aliphatic hydroxyl groups is 1. The first-order valence-corrected chi connectivity index (χ1v) is 15.0. The molecule has 3 fully saturated rings. The van der Waals surface area contributed by atoms with Crippen molar-refractivity contribution in [2.45, 2.75) is 49.3 Å². The Morgan fingerprint density at radius 2 is 1.83 bits per heavy atom. The van der Waals surface area contributed by atoms with E-state index in [1.807, 2.05) is 62.4 Å². The summed E-state index contributed by atoms with van der Waals surface area (Å²) in [6.07, 6.45) is 3.90. The standard InChI is InChI=1S/C33H38N2O5S/c1-6-16-34(28-20(3)12-11-13-21(28)4)31(38)29-33-22(5)18-25(41-33)26(32(39)40-17-7-2)27(33)30(37)35(29)24(19-36)23-14-9-8-10-15-23/h6-15,22,24-27,29,36H,1-2,16-19H2,3-5H3/t22?,24-,25+,26-,27+,29?,33?/m1/s1. The Labute approximate surface area is 246 Å². The number of carbonyl (C=O) groups excluding carboxylic acids is 3. The van der Waals surface area contributed by atoms with Crippen molar-refractivity contribution in [3.05, 3.63) is 90.5 Å². The van der Waals surface area contributed by atoms with Crippen LogP contribution in [0.5, 0.6) is 0 Å². The van der Waals surface area contributed by atoms with Crippen molar-refractivity contribution in [3.8, 4) is 0 Å². The molecule has 3 saturated heterocycles. The summed E-state index contributed by atoms with van der Waals surface area (Å²) in [6, 6.07) is 13.5. The maximum absolute atomic E-state index is 15.0. The topological polar surface area (TPSA) is 87.2 Å². The molecule has 1 spiro atoms. The third-order valence-corrected chi connectivity index (χ3v) is 11.1. The van der Waals surface area contributed by atoms with Gasteiger partial charge in [0.05, 0.1) is 29.2 Å². The average Bonchev–Trinajstić information content (AvgIpc) is 3.56. The van der Waals surface area contributed by atoms with Crippen LogP contribution in [0.1, 0.15) is 36.1 Å². The van der Waals surface area contributed by atoms with Crippen molar-refractivity contribution >= 4 is 35.2 Å². The molecule has 2 aromatic rings. The molecule has 41 heavy (non-hydrogen) atoms. The molecule has 0 aliphatic carbocycles. The van der Waals surface area contributed by atoms with Crippen molar-refractivity contribution in [3.63, 3.8) is 0 Å². The molecule has 5 rings (SSSR count). The number of para-hydroxylation sites is 1. The van der Waals surface area contributed by atoms with Crippen LogP contribution in [-0.4, -0.2) is 63.6 Å². The van der Waals surface area contributed by atoms with Gasteiger partial charge in [-0.3, -0.25) is 14.4 Å². The number of aryl methyl sites for hydroxylation is 2. The van der Waals surface area contributed by atoms with Gasteiger partial charge in [-0.05, 0) is 42.9 Å². The number of ether oxygens (including phenoxy) is 1. The van der Waals surface area contributed by atoms with Crippen LogP contribution >= 0.6 is 11.8 Å². The number of esters is 1. The number of thioether (sulfide) groups is 1. The highest BCUT2D eigenvalue weighted by Crippen LogP contribution is 2.69. The van der Waals surface area contributed by atoms with Gasteiger partial charge in [-0.15, -0.1) is 18.3 Å². The number of fused-ring (bicyclic) bond motifs is 1. The van der Waals surface area contributed by atoms with E-state index in [0.29, 0.717) is 6.42 Å². The number of nitrogens with zero attached hydrogens (tertiary/aromatic N) is 2. The SMILES string of the molecule is C=CCOC(=O)[C@@H]1[C@@H]2CC(C)C3(S2)C(C(=O)N(CC=C)c2c(C)cccc2C)N([C@H](CO)c2ccccc2)C(=O)[C@H]13. The smallest absolute Gasteiger partial charge is 0.311 e. The van der Waals surface area contributed by atoms with Crippen LogP contribution in [0.2, 0.25) is 0 Å². The molecule has 7 atom stereocenters. The number of benzene rings is 2. The van der Waals surface area contributed by atoms with E-state index >= 15 is 4.79 Å². The lowest BCUT2D eigenvalue weighted by atomic mass is 9.66. The van der Waals surface area contributed by atoms with Crippen LogP contribution in [0, 0.1) is 31.6 Å². The highest BCUT2D eigenvalue weighted by atomic mass is 32.2. The second-order valence-corrected chi connectivity index (χ2v) is 12.9. The lowest BCUT2D eigenvalue weighted by molar-refractivity contribution is -0.154. The molecule has 3 unspecified atom stereocenters. The van der Waals surface area contributed by atoms with Crippen molar-refractivity contribution in [1.29, 1.82) is 0 Å². The summed E-state index contributed by atoms with van der Waals surface area (Å²) in [5, 5.41) is 10.6. The van der Waals surface area contributed by atoms with Gasteiger partial charge in [0.25, 0.3) is 5.91 Å². The predicted octanol–water partition coefficient (Wildman–Crippen LogP) is 4.62. The fourth-order valence-electron chi connectivity index (χ4n) is 7.41. The Hall–Kier alpha value is -3.36. The minimum Gasteiger partial charge on any atom is -0.461 e. The van der Waals surface area contributed by atoms with Crippen LogP contribution in [0.15, 0.2) is 73.8 Å². The molecule has 0 aromatic heterocycles. The average molecular weight is 575 g/mol. The van der Waals surface area contributed by atoms with Gasteiger partial charge in [0.2, 0.25) is 5.91 Å². The fourth-order valence-corrected chi connectivity index (χ4v) is 9.80. The fraction of sp³-hybridized carbons (Fsp3) is 0.424. The van der Waals surface area contributed by atoms with E-state index in [4.69, 9.17) is 4.74 Å². The number of hydrogen-bond acceptors (Lipinski definition) is 6. The van der Waals surface area contributed by atoms with Crippen LogP contribution in [0.25, 0.3) is 0 Å². The summed E-state index contributed by atoms with van der Waals surface area (Å²) >= 11 is 1.59. The van der Waals surface area contributed by atoms with Crippen LogP contribution in [0.4, 0.5) is 5.69 Å². The first kappa shape index (κ1) is 29.1. The maximum atomic E-state index is 15.0. The zero-order chi connectivity index (χ0) is 29.5. The second kappa shape index (κ2) is 11.5. The molecule has 2 aromatic carbocycles. The summed E-state index contributed by atoms with van der Waals surface area (Å²) in [5.74, 6) is -2.38. The Morgan fingerprint density at radius 3 is 2.44 bits per heavy atom. The van der Waals surface area contributed by atoms with Gasteiger partial charge in [0, 0.05) is 17.5 Å². The second-order valence-electron chi connectivity index (χ2n) is 11.3. The number of aliphatic hydroxyl groups excluding tert-OH is 1. The molecular weight excluding hydrogens is 536 g/mol. The molecule has 0 radical (unpaired) electrons. The number of anilines is 1. The van der Waals surface area contributed by atoms with Gasteiger partial charge in [0.15, 0.2) is 0 Å².